The van der Waals surface area contributed by atoms with E-state index in [-0.39, 0.29) is 11.6 Å². The second-order valence-corrected chi connectivity index (χ2v) is 6.06. The predicted octanol–water partition coefficient (Wildman–Crippen LogP) is 3.80. The average molecular weight is 392 g/mol. The minimum absolute atomic E-state index is 0.101. The van der Waals surface area contributed by atoms with E-state index in [0.717, 1.165) is 0 Å². The molecule has 2 aromatic carbocycles. The molecule has 1 heterocycles. The normalized spacial score (nSPS) is 14.9. The largest absolute Gasteiger partial charge is 0.482 e. The van der Waals surface area contributed by atoms with E-state index < -0.39 is 18.5 Å². The zero-order chi connectivity index (χ0) is 18.7. The van der Waals surface area contributed by atoms with E-state index in [1.54, 1.807) is 42.5 Å². The standard InChI is InChI=1S/C18H11Cl2NO5/c19-11-3-6-13(14(20)8-11)17-21-15(18(24)26-17)7-10-1-4-12(5-2-10)25-9-16(22)23/h1-8H,9H2,(H,22,23)/b15-7-. The maximum Gasteiger partial charge on any atom is 0.363 e. The van der Waals surface area contributed by atoms with Crippen molar-refractivity contribution in [3.05, 3.63) is 69.3 Å². The van der Waals surface area contributed by atoms with Crippen LogP contribution < -0.4 is 4.74 Å². The first kappa shape index (κ1) is 18.0. The van der Waals surface area contributed by atoms with Crippen molar-refractivity contribution < 1.29 is 24.2 Å². The summed E-state index contributed by atoms with van der Waals surface area (Å²) in [7, 11) is 0. The van der Waals surface area contributed by atoms with Gasteiger partial charge in [0.15, 0.2) is 12.3 Å². The molecule has 0 fully saturated rings. The van der Waals surface area contributed by atoms with Gasteiger partial charge in [0.2, 0.25) is 5.90 Å². The van der Waals surface area contributed by atoms with Crippen molar-refractivity contribution in [2.24, 2.45) is 4.99 Å². The van der Waals surface area contributed by atoms with Crippen LogP contribution in [0.15, 0.2) is 53.2 Å². The summed E-state index contributed by atoms with van der Waals surface area (Å²) in [5.74, 6) is -1.16. The van der Waals surface area contributed by atoms with Gasteiger partial charge < -0.3 is 14.6 Å². The van der Waals surface area contributed by atoms with E-state index in [4.69, 9.17) is 37.8 Å². The maximum absolute atomic E-state index is 12.0. The third kappa shape index (κ3) is 4.22. The van der Waals surface area contributed by atoms with Crippen LogP contribution >= 0.6 is 23.2 Å². The molecule has 1 N–H and O–H groups in total. The van der Waals surface area contributed by atoms with Gasteiger partial charge >= 0.3 is 11.9 Å². The lowest BCUT2D eigenvalue weighted by Crippen LogP contribution is -2.09. The SMILES string of the molecule is O=C(O)COc1ccc(/C=C2\N=C(c3ccc(Cl)cc3Cl)OC2=O)cc1. The zero-order valence-electron chi connectivity index (χ0n) is 13.1. The van der Waals surface area contributed by atoms with Crippen molar-refractivity contribution in [2.45, 2.75) is 0 Å². The highest BCUT2D eigenvalue weighted by Gasteiger charge is 2.25. The van der Waals surface area contributed by atoms with Crippen molar-refractivity contribution in [2.75, 3.05) is 6.61 Å². The summed E-state index contributed by atoms with van der Waals surface area (Å²) >= 11 is 12.0. The Morgan fingerprint density at radius 2 is 1.92 bits per heavy atom. The van der Waals surface area contributed by atoms with Crippen LogP contribution in [0.25, 0.3) is 6.08 Å². The van der Waals surface area contributed by atoms with Crippen LogP contribution in [-0.4, -0.2) is 29.5 Å². The van der Waals surface area contributed by atoms with Gasteiger partial charge in [0.05, 0.1) is 10.6 Å². The number of hydrogen-bond acceptors (Lipinski definition) is 5. The van der Waals surface area contributed by atoms with Gasteiger partial charge in [-0.05, 0) is 42.0 Å². The predicted molar refractivity (Wildman–Crippen MR) is 96.6 cm³/mol. The number of carboxylic acid groups (broad SMARTS) is 1. The smallest absolute Gasteiger partial charge is 0.363 e. The molecule has 1 aliphatic rings. The average Bonchev–Trinajstić information content (AvgIpc) is 2.94. The lowest BCUT2D eigenvalue weighted by molar-refractivity contribution is -0.139. The van der Waals surface area contributed by atoms with Gasteiger partial charge in [0.25, 0.3) is 0 Å². The number of benzene rings is 2. The zero-order valence-corrected chi connectivity index (χ0v) is 14.6. The number of nitrogens with zero attached hydrogens (tertiary/aromatic N) is 1. The summed E-state index contributed by atoms with van der Waals surface area (Å²) in [4.78, 5) is 26.7. The van der Waals surface area contributed by atoms with E-state index in [1.807, 2.05) is 0 Å². The monoisotopic (exact) mass is 391 g/mol. The summed E-state index contributed by atoms with van der Waals surface area (Å²) in [6.45, 7) is -0.428. The molecule has 0 aliphatic carbocycles. The highest BCUT2D eigenvalue weighted by atomic mass is 35.5. The molecule has 6 nitrogen and oxygen atoms in total. The van der Waals surface area contributed by atoms with Gasteiger partial charge in [-0.2, -0.15) is 0 Å². The van der Waals surface area contributed by atoms with Gasteiger partial charge in [0.1, 0.15) is 5.75 Å². The number of rotatable bonds is 5. The minimum Gasteiger partial charge on any atom is -0.482 e. The number of halogens is 2. The van der Waals surface area contributed by atoms with Crippen LogP contribution in [0.1, 0.15) is 11.1 Å². The maximum atomic E-state index is 12.0. The summed E-state index contributed by atoms with van der Waals surface area (Å²) in [6.07, 6.45) is 1.54. The number of aliphatic carboxylic acids is 1. The fourth-order valence-electron chi connectivity index (χ4n) is 2.15. The second kappa shape index (κ2) is 7.59. The Morgan fingerprint density at radius 3 is 2.58 bits per heavy atom. The number of cyclic esters (lactones) is 1. The number of esters is 1. The Morgan fingerprint density at radius 1 is 1.19 bits per heavy atom. The van der Waals surface area contributed by atoms with Gasteiger partial charge in [-0.3, -0.25) is 0 Å². The molecule has 132 valence electrons. The second-order valence-electron chi connectivity index (χ2n) is 5.21. The molecule has 3 rings (SSSR count). The highest BCUT2D eigenvalue weighted by molar-refractivity contribution is 6.37. The Hall–Kier alpha value is -2.83. The molecule has 0 aromatic heterocycles. The van der Waals surface area contributed by atoms with E-state index in [1.165, 1.54) is 6.07 Å². The summed E-state index contributed by atoms with van der Waals surface area (Å²) in [5.41, 5.74) is 1.25. The Balaban J connectivity index is 1.81. The molecule has 0 atom stereocenters. The fraction of sp³-hybridized carbons (Fsp3) is 0.0556. The number of carboxylic acids is 1. The van der Waals surface area contributed by atoms with Crippen molar-refractivity contribution in [1.82, 2.24) is 0 Å². The number of aliphatic imine (C=N–C) groups is 1. The summed E-state index contributed by atoms with van der Waals surface area (Å²) < 4.78 is 10.2. The van der Waals surface area contributed by atoms with Crippen LogP contribution in [0.3, 0.4) is 0 Å². The molecule has 0 unspecified atom stereocenters. The van der Waals surface area contributed by atoms with Crippen LogP contribution in [0.4, 0.5) is 0 Å². The Bertz CT molecular complexity index is 935. The van der Waals surface area contributed by atoms with Crippen molar-refractivity contribution >= 4 is 47.1 Å². The molecule has 0 bridgehead atoms. The van der Waals surface area contributed by atoms with Gasteiger partial charge in [-0.15, -0.1) is 0 Å². The first-order valence-electron chi connectivity index (χ1n) is 7.35. The molecule has 0 spiro atoms. The molecule has 26 heavy (non-hydrogen) atoms. The van der Waals surface area contributed by atoms with Crippen molar-refractivity contribution in [3.8, 4) is 5.75 Å². The molecule has 1 aliphatic heterocycles. The van der Waals surface area contributed by atoms with E-state index >= 15 is 0 Å². The third-order valence-corrected chi connectivity index (χ3v) is 3.88. The summed E-state index contributed by atoms with van der Waals surface area (Å²) in [6, 6.07) is 11.3. The first-order valence-corrected chi connectivity index (χ1v) is 8.10. The van der Waals surface area contributed by atoms with E-state index in [9.17, 15) is 9.59 Å². The fourth-order valence-corrected chi connectivity index (χ4v) is 2.64. The number of ether oxygens (including phenoxy) is 2. The molecule has 0 amide bonds. The highest BCUT2D eigenvalue weighted by Crippen LogP contribution is 2.26. The quantitative estimate of drug-likeness (QED) is 0.618. The number of hydrogen-bond donors (Lipinski definition) is 1. The van der Waals surface area contributed by atoms with Crippen molar-refractivity contribution in [3.63, 3.8) is 0 Å². The first-order chi connectivity index (χ1) is 12.4. The molecular weight excluding hydrogens is 381 g/mol. The lowest BCUT2D eigenvalue weighted by atomic mass is 10.2. The molecular formula is C18H11Cl2NO5. The van der Waals surface area contributed by atoms with Crippen LogP contribution in [0, 0.1) is 0 Å². The molecule has 2 aromatic rings. The molecule has 0 saturated heterocycles. The molecule has 0 radical (unpaired) electrons. The van der Waals surface area contributed by atoms with E-state index in [0.29, 0.717) is 26.9 Å². The van der Waals surface area contributed by atoms with E-state index in [2.05, 4.69) is 4.99 Å². The Kier molecular flexibility index (Phi) is 5.25. The topological polar surface area (TPSA) is 85.2 Å². The minimum atomic E-state index is -1.06. The lowest BCUT2D eigenvalue weighted by Gasteiger charge is -2.02. The van der Waals surface area contributed by atoms with Crippen LogP contribution in [-0.2, 0) is 14.3 Å². The van der Waals surface area contributed by atoms with Crippen LogP contribution in [0.5, 0.6) is 5.75 Å². The van der Waals surface area contributed by atoms with Gasteiger partial charge in [-0.25, -0.2) is 14.6 Å². The molecule has 8 heteroatoms. The third-order valence-electron chi connectivity index (χ3n) is 3.33. The number of carbonyl (C=O) groups is 2. The van der Waals surface area contributed by atoms with Crippen molar-refractivity contribution in [1.29, 1.82) is 0 Å². The van der Waals surface area contributed by atoms with Gasteiger partial charge in [-0.1, -0.05) is 35.3 Å². The van der Waals surface area contributed by atoms with Gasteiger partial charge in [0, 0.05) is 5.02 Å². The number of carbonyl (C=O) groups excluding carboxylic acids is 1. The molecule has 0 saturated carbocycles. The Labute approximate surface area is 158 Å². The summed E-state index contributed by atoms with van der Waals surface area (Å²) in [5, 5.41) is 9.37. The van der Waals surface area contributed by atoms with Crippen LogP contribution in [0.2, 0.25) is 10.0 Å².